The topological polar surface area (TPSA) is 30.7 Å². The molecule has 0 saturated heterocycles. The van der Waals surface area contributed by atoms with Crippen molar-refractivity contribution in [2.45, 2.75) is 19.3 Å². The van der Waals surface area contributed by atoms with E-state index in [1.807, 2.05) is 0 Å². The van der Waals surface area contributed by atoms with Crippen LogP contribution in [0.4, 0.5) is 0 Å². The molecule has 10 aromatic rings. The Kier molecular flexibility index (Phi) is 7.45. The Morgan fingerprint density at radius 3 is 1.76 bits per heavy atom. The van der Waals surface area contributed by atoms with Gasteiger partial charge in [0, 0.05) is 0 Å². The summed E-state index contributed by atoms with van der Waals surface area (Å²) in [6.07, 6.45) is 0. The standard InChI is InChI=1S/C55H39GeN3/c1-55(2)45-29-17-15-27-41(45)42-33-34-48-49(50(42)55)44-28-16-18-30-47(44)59(48)40-31-32-43-46(35-40)56(38-23-11-5-12-24-38,39-25-13-6-14-26-39)51-52(36-19-7-3-8-20-36)57-54(58-53(43)51)37-21-9-4-10-22-37/h3-35H,1-2H3. The van der Waals surface area contributed by atoms with E-state index in [9.17, 15) is 0 Å². The van der Waals surface area contributed by atoms with Gasteiger partial charge in [0.25, 0.3) is 0 Å². The molecular formula is C55H39GeN3. The molecule has 0 amide bonds. The van der Waals surface area contributed by atoms with E-state index in [2.05, 4.69) is 219 Å². The van der Waals surface area contributed by atoms with Crippen LogP contribution in [0.3, 0.4) is 0 Å². The van der Waals surface area contributed by atoms with Crippen LogP contribution in [0.5, 0.6) is 0 Å². The first-order chi connectivity index (χ1) is 29.0. The molecule has 4 heteroatoms. The van der Waals surface area contributed by atoms with E-state index in [0.29, 0.717) is 0 Å². The minimum absolute atomic E-state index is 0.145. The monoisotopic (exact) mass is 815 g/mol. The van der Waals surface area contributed by atoms with Crippen molar-refractivity contribution in [1.82, 2.24) is 14.5 Å². The quantitative estimate of drug-likeness (QED) is 0.162. The Balaban J connectivity index is 1.21. The first kappa shape index (κ1) is 34.2. The third-order valence-electron chi connectivity index (χ3n) is 13.1. The molecule has 0 bridgehead atoms. The van der Waals surface area contributed by atoms with Crippen LogP contribution in [0.15, 0.2) is 200 Å². The molecule has 278 valence electrons. The van der Waals surface area contributed by atoms with Gasteiger partial charge in [-0.15, -0.1) is 0 Å². The van der Waals surface area contributed by atoms with E-state index in [0.717, 1.165) is 34.0 Å². The summed E-state index contributed by atoms with van der Waals surface area (Å²) in [6, 6.07) is 73.7. The van der Waals surface area contributed by atoms with Gasteiger partial charge in [0.1, 0.15) is 0 Å². The van der Waals surface area contributed by atoms with Crippen LogP contribution in [-0.4, -0.2) is 27.8 Å². The van der Waals surface area contributed by atoms with Crippen LogP contribution < -0.4 is 17.6 Å². The van der Waals surface area contributed by atoms with Gasteiger partial charge >= 0.3 is 348 Å². The minimum atomic E-state index is -3.90. The van der Waals surface area contributed by atoms with Crippen molar-refractivity contribution in [2.24, 2.45) is 0 Å². The fourth-order valence-corrected chi connectivity index (χ4v) is 21.6. The Morgan fingerprint density at radius 1 is 0.475 bits per heavy atom. The van der Waals surface area contributed by atoms with Gasteiger partial charge in [-0.25, -0.2) is 0 Å². The molecule has 0 saturated carbocycles. The molecule has 1 aliphatic carbocycles. The number of para-hydroxylation sites is 1. The van der Waals surface area contributed by atoms with Crippen molar-refractivity contribution < 1.29 is 0 Å². The zero-order valence-corrected chi connectivity index (χ0v) is 35.0. The Morgan fingerprint density at radius 2 is 1.05 bits per heavy atom. The van der Waals surface area contributed by atoms with Gasteiger partial charge in [0.2, 0.25) is 0 Å². The Hall–Kier alpha value is -6.82. The fraction of sp³-hybridized carbons (Fsp3) is 0.0545. The van der Waals surface area contributed by atoms with Crippen molar-refractivity contribution >= 4 is 52.7 Å². The van der Waals surface area contributed by atoms with Crippen molar-refractivity contribution in [3.8, 4) is 50.7 Å². The average Bonchev–Trinajstić information content (AvgIpc) is 3.88. The summed E-state index contributed by atoms with van der Waals surface area (Å²) in [6.45, 7) is 4.79. The van der Waals surface area contributed by atoms with Crippen molar-refractivity contribution in [1.29, 1.82) is 0 Å². The van der Waals surface area contributed by atoms with Gasteiger partial charge in [-0.1, -0.05) is 0 Å². The normalized spacial score (nSPS) is 14.2. The van der Waals surface area contributed by atoms with Crippen LogP contribution in [-0.2, 0) is 5.41 Å². The number of nitrogens with zero attached hydrogens (tertiary/aromatic N) is 3. The molecule has 0 unspecified atom stereocenters. The molecule has 12 rings (SSSR count). The fourth-order valence-electron chi connectivity index (χ4n) is 10.6. The number of aromatic nitrogens is 3. The predicted octanol–water partition coefficient (Wildman–Crippen LogP) is 10.6. The summed E-state index contributed by atoms with van der Waals surface area (Å²) in [5.74, 6) is 0.748. The van der Waals surface area contributed by atoms with E-state index >= 15 is 0 Å². The molecule has 59 heavy (non-hydrogen) atoms. The summed E-state index contributed by atoms with van der Waals surface area (Å²) in [5, 5.41) is 2.62. The first-order valence-electron chi connectivity index (χ1n) is 20.5. The van der Waals surface area contributed by atoms with E-state index in [1.165, 1.54) is 67.2 Å². The molecule has 2 aliphatic rings. The zero-order chi connectivity index (χ0) is 39.3. The molecule has 0 atom stereocenters. The molecule has 1 aliphatic heterocycles. The number of hydrogen-bond acceptors (Lipinski definition) is 2. The number of fused-ring (bicyclic) bond motifs is 10. The molecule has 0 radical (unpaired) electrons. The van der Waals surface area contributed by atoms with E-state index in [-0.39, 0.29) is 5.41 Å². The number of benzene rings is 8. The van der Waals surface area contributed by atoms with Gasteiger partial charge < -0.3 is 0 Å². The van der Waals surface area contributed by atoms with Gasteiger partial charge in [-0.2, -0.15) is 0 Å². The van der Waals surface area contributed by atoms with Crippen LogP contribution >= 0.6 is 0 Å². The van der Waals surface area contributed by atoms with Crippen LogP contribution in [0.25, 0.3) is 72.5 Å². The summed E-state index contributed by atoms with van der Waals surface area (Å²) >= 11 is -3.90. The van der Waals surface area contributed by atoms with Crippen molar-refractivity contribution in [2.75, 3.05) is 0 Å². The van der Waals surface area contributed by atoms with Crippen LogP contribution in [0, 0.1) is 0 Å². The van der Waals surface area contributed by atoms with Crippen LogP contribution in [0.1, 0.15) is 25.0 Å². The summed E-state index contributed by atoms with van der Waals surface area (Å²) in [4.78, 5) is 11.2. The van der Waals surface area contributed by atoms with E-state index in [4.69, 9.17) is 9.97 Å². The molecule has 0 spiro atoms. The first-order valence-corrected chi connectivity index (χ1v) is 24.7. The number of rotatable bonds is 5. The Bertz CT molecular complexity index is 3240. The van der Waals surface area contributed by atoms with Gasteiger partial charge in [0.15, 0.2) is 0 Å². The van der Waals surface area contributed by atoms with Gasteiger partial charge in [-0.3, -0.25) is 0 Å². The molecule has 0 N–H and O–H groups in total. The van der Waals surface area contributed by atoms with Crippen molar-refractivity contribution in [3.05, 3.63) is 211 Å². The number of hydrogen-bond donors (Lipinski definition) is 0. The summed E-state index contributed by atoms with van der Waals surface area (Å²) in [5.41, 5.74) is 14.3. The molecule has 3 heterocycles. The molecular weight excluding hydrogens is 775 g/mol. The average molecular weight is 815 g/mol. The second-order valence-electron chi connectivity index (χ2n) is 16.5. The predicted molar refractivity (Wildman–Crippen MR) is 247 cm³/mol. The second-order valence-corrected chi connectivity index (χ2v) is 24.2. The molecule has 8 aromatic carbocycles. The van der Waals surface area contributed by atoms with E-state index in [1.54, 1.807) is 0 Å². The molecule has 0 fully saturated rings. The van der Waals surface area contributed by atoms with Crippen LogP contribution in [0.2, 0.25) is 0 Å². The summed E-state index contributed by atoms with van der Waals surface area (Å²) in [7, 11) is 0. The van der Waals surface area contributed by atoms with Gasteiger partial charge in [-0.05, 0) is 0 Å². The zero-order valence-electron chi connectivity index (χ0n) is 32.9. The maximum absolute atomic E-state index is 5.59. The Labute approximate surface area is 346 Å². The molecule has 2 aromatic heterocycles. The summed E-state index contributed by atoms with van der Waals surface area (Å²) < 4.78 is 7.92. The van der Waals surface area contributed by atoms with Gasteiger partial charge in [0.05, 0.1) is 0 Å². The van der Waals surface area contributed by atoms with E-state index < -0.39 is 13.3 Å². The SMILES string of the molecule is CC1(C)c2ccccc2-c2ccc3c(c21)c1ccccc1n3-c1ccc2[c](c1)[Ge]([c]1ccccc1)([c]1ccccc1)[c]1c(-c3ccccc3)nc(-c3ccccc3)nc1-2. The van der Waals surface area contributed by atoms with Crippen molar-refractivity contribution in [3.63, 3.8) is 0 Å². The third-order valence-corrected chi connectivity index (χ3v) is 23.2. The second kappa shape index (κ2) is 12.8. The molecule has 3 nitrogen and oxygen atoms in total. The maximum atomic E-state index is 5.59. The third kappa shape index (κ3) is 4.77.